The van der Waals surface area contributed by atoms with Gasteiger partial charge in [0.05, 0.1) is 24.2 Å². The number of hydrogen-bond donors (Lipinski definition) is 5. The number of nitrogens with one attached hydrogen (secondary N) is 1. The van der Waals surface area contributed by atoms with Gasteiger partial charge in [0.2, 0.25) is 0 Å². The Bertz CT molecular complexity index is 1080. The highest BCUT2D eigenvalue weighted by Crippen LogP contribution is 2.26. The Balaban J connectivity index is 2.28. The van der Waals surface area contributed by atoms with Crippen LogP contribution in [-0.4, -0.2) is 64.9 Å². The zero-order chi connectivity index (χ0) is 19.9. The summed E-state index contributed by atoms with van der Waals surface area (Å²) in [5.41, 5.74) is -0.360. The molecule has 0 radical (unpaired) electrons. The van der Waals surface area contributed by atoms with E-state index in [2.05, 4.69) is 9.97 Å². The molecule has 1 aromatic carbocycles. The Morgan fingerprint density at radius 2 is 1.89 bits per heavy atom. The summed E-state index contributed by atoms with van der Waals surface area (Å²) >= 11 is 6.17. The first-order chi connectivity index (χ1) is 12.7. The smallest absolute Gasteiger partial charge is 0.349 e. The summed E-state index contributed by atoms with van der Waals surface area (Å²) in [5.74, 6) is -0.110. The van der Waals surface area contributed by atoms with Crippen LogP contribution in [0.25, 0.3) is 22.6 Å². The van der Waals surface area contributed by atoms with Gasteiger partial charge in [-0.25, -0.2) is 9.78 Å². The standard InChI is InChI=1S/C16H17ClN4O6/c1-6-2-8-9(3-7(6)17)21(4-10(23)13(25)11(24)5-22)14-12(18-8)15(26)20-16(27)19-14/h2-3,10-11,13,22-25H,4-5H2,1H3,(H,20,26,27)/t10-,11+,13?/m0/s1. The first-order valence-corrected chi connectivity index (χ1v) is 8.36. The maximum atomic E-state index is 12.1. The highest BCUT2D eigenvalue weighted by Gasteiger charge is 2.27. The second kappa shape index (κ2) is 7.33. The third-order valence-corrected chi connectivity index (χ3v) is 4.64. The predicted molar refractivity (Wildman–Crippen MR) is 95.9 cm³/mol. The SMILES string of the molecule is Cc1cc2nc3c(=O)[nH]c(=O)nc-3n(C[C@H](O)C(O)[C@H](O)CO)c2cc1Cl. The van der Waals surface area contributed by atoms with Crippen LogP contribution in [0.1, 0.15) is 5.56 Å². The van der Waals surface area contributed by atoms with Crippen molar-refractivity contribution in [3.05, 3.63) is 43.6 Å². The molecule has 0 saturated heterocycles. The largest absolute Gasteiger partial charge is 0.394 e. The lowest BCUT2D eigenvalue weighted by Gasteiger charge is -2.25. The van der Waals surface area contributed by atoms with Crippen molar-refractivity contribution in [3.8, 4) is 11.5 Å². The number of halogens is 1. The van der Waals surface area contributed by atoms with E-state index in [1.54, 1.807) is 13.0 Å². The van der Waals surface area contributed by atoms with Gasteiger partial charge in [-0.2, -0.15) is 4.98 Å². The molecule has 0 bridgehead atoms. The van der Waals surface area contributed by atoms with Crippen LogP contribution in [0.4, 0.5) is 0 Å². The fourth-order valence-corrected chi connectivity index (χ4v) is 2.92. The summed E-state index contributed by atoms with van der Waals surface area (Å²) in [6.45, 7) is 0.648. The average Bonchev–Trinajstić information content (AvgIpc) is 2.62. The van der Waals surface area contributed by atoms with Crippen LogP contribution < -0.4 is 11.2 Å². The summed E-state index contributed by atoms with van der Waals surface area (Å²) < 4.78 is 1.32. The molecule has 11 heteroatoms. The third-order valence-electron chi connectivity index (χ3n) is 4.23. The summed E-state index contributed by atoms with van der Waals surface area (Å²) in [4.78, 5) is 33.8. The van der Waals surface area contributed by atoms with E-state index in [0.29, 0.717) is 21.6 Å². The van der Waals surface area contributed by atoms with Crippen molar-refractivity contribution in [1.29, 1.82) is 0 Å². The summed E-state index contributed by atoms with van der Waals surface area (Å²) in [5, 5.41) is 39.1. The van der Waals surface area contributed by atoms with Gasteiger partial charge in [0, 0.05) is 5.02 Å². The number of aliphatic hydroxyl groups excluding tert-OH is 4. The molecule has 0 spiro atoms. The number of hydrogen-bond acceptors (Lipinski definition) is 8. The number of aliphatic hydroxyl groups is 4. The molecule has 10 nitrogen and oxygen atoms in total. The molecule has 1 aromatic rings. The van der Waals surface area contributed by atoms with E-state index in [0.717, 1.165) is 0 Å². The molecule has 1 unspecified atom stereocenters. The lowest BCUT2D eigenvalue weighted by molar-refractivity contribution is -0.0802. The lowest BCUT2D eigenvalue weighted by Crippen LogP contribution is -2.42. The van der Waals surface area contributed by atoms with Gasteiger partial charge >= 0.3 is 5.69 Å². The van der Waals surface area contributed by atoms with E-state index in [4.69, 9.17) is 16.7 Å². The van der Waals surface area contributed by atoms with Gasteiger partial charge in [-0.05, 0) is 24.6 Å². The van der Waals surface area contributed by atoms with E-state index >= 15 is 0 Å². The fourth-order valence-electron chi connectivity index (χ4n) is 2.76. The van der Waals surface area contributed by atoms with Crippen molar-refractivity contribution in [3.63, 3.8) is 0 Å². The molecule has 27 heavy (non-hydrogen) atoms. The van der Waals surface area contributed by atoms with Gasteiger partial charge in [-0.3, -0.25) is 9.78 Å². The highest BCUT2D eigenvalue weighted by molar-refractivity contribution is 6.32. The van der Waals surface area contributed by atoms with Gasteiger partial charge in [0.15, 0.2) is 11.5 Å². The van der Waals surface area contributed by atoms with Crippen molar-refractivity contribution in [2.75, 3.05) is 6.61 Å². The number of aryl methyl sites for hydroxylation is 1. The molecule has 0 amide bonds. The highest BCUT2D eigenvalue weighted by atomic mass is 35.5. The van der Waals surface area contributed by atoms with E-state index in [1.807, 2.05) is 4.98 Å². The van der Waals surface area contributed by atoms with Crippen molar-refractivity contribution in [1.82, 2.24) is 19.5 Å². The monoisotopic (exact) mass is 396 g/mol. The molecule has 2 aliphatic heterocycles. The number of nitrogens with zero attached hydrogens (tertiary/aromatic N) is 3. The number of benzene rings is 1. The zero-order valence-electron chi connectivity index (χ0n) is 14.1. The first-order valence-electron chi connectivity index (χ1n) is 7.98. The van der Waals surface area contributed by atoms with Crippen molar-refractivity contribution in [2.24, 2.45) is 0 Å². The minimum atomic E-state index is -1.67. The maximum Gasteiger partial charge on any atom is 0.349 e. The molecule has 0 fully saturated rings. The summed E-state index contributed by atoms with van der Waals surface area (Å²) in [6, 6.07) is 3.16. The number of rotatable bonds is 5. The van der Waals surface area contributed by atoms with Crippen LogP contribution >= 0.6 is 11.6 Å². The first kappa shape index (κ1) is 19.4. The maximum absolute atomic E-state index is 12.1. The van der Waals surface area contributed by atoms with E-state index < -0.39 is 36.2 Å². The molecule has 3 atom stereocenters. The summed E-state index contributed by atoms with van der Waals surface area (Å²) in [7, 11) is 0. The molecule has 144 valence electrons. The lowest BCUT2D eigenvalue weighted by atomic mass is 10.1. The molecule has 3 rings (SSSR count). The third kappa shape index (κ3) is 3.57. The quantitative estimate of drug-likeness (QED) is 0.330. The van der Waals surface area contributed by atoms with Crippen LogP contribution in [-0.2, 0) is 6.54 Å². The average molecular weight is 397 g/mol. The van der Waals surface area contributed by atoms with Gasteiger partial charge in [0.1, 0.15) is 18.3 Å². The summed E-state index contributed by atoms with van der Waals surface area (Å²) in [6.07, 6.45) is -4.78. The van der Waals surface area contributed by atoms with Crippen molar-refractivity contribution < 1.29 is 20.4 Å². The van der Waals surface area contributed by atoms with Crippen molar-refractivity contribution in [2.45, 2.75) is 31.8 Å². The van der Waals surface area contributed by atoms with Crippen LogP contribution in [0, 0.1) is 6.92 Å². The Morgan fingerprint density at radius 1 is 1.19 bits per heavy atom. The fraction of sp³-hybridized carbons (Fsp3) is 0.375. The number of H-pyrrole nitrogens is 1. The molecular weight excluding hydrogens is 380 g/mol. The van der Waals surface area contributed by atoms with E-state index in [1.165, 1.54) is 10.6 Å². The molecule has 2 heterocycles. The second-order valence-electron chi connectivity index (χ2n) is 6.16. The van der Waals surface area contributed by atoms with Crippen LogP contribution in [0.5, 0.6) is 0 Å². The molecule has 0 saturated carbocycles. The van der Waals surface area contributed by atoms with E-state index in [-0.39, 0.29) is 18.1 Å². The molecular formula is C16H17ClN4O6. The van der Waals surface area contributed by atoms with Gasteiger partial charge in [-0.1, -0.05) is 11.6 Å². The predicted octanol–water partition coefficient (Wildman–Crippen LogP) is -1.38. The van der Waals surface area contributed by atoms with Gasteiger partial charge in [-0.15, -0.1) is 0 Å². The Morgan fingerprint density at radius 3 is 2.56 bits per heavy atom. The van der Waals surface area contributed by atoms with Crippen LogP contribution in [0.15, 0.2) is 21.7 Å². The number of fused-ring (bicyclic) bond motifs is 2. The second-order valence-corrected chi connectivity index (χ2v) is 6.57. The van der Waals surface area contributed by atoms with E-state index in [9.17, 15) is 24.9 Å². The molecule has 5 N–H and O–H groups in total. The Kier molecular flexibility index (Phi) is 5.27. The molecule has 0 aliphatic carbocycles. The van der Waals surface area contributed by atoms with Crippen LogP contribution in [0.2, 0.25) is 5.02 Å². The Labute approximate surface area is 156 Å². The normalized spacial score (nSPS) is 15.2. The zero-order valence-corrected chi connectivity index (χ0v) is 14.9. The molecule has 0 aromatic heterocycles. The topological polar surface area (TPSA) is 162 Å². The number of aromatic nitrogens is 4. The van der Waals surface area contributed by atoms with Gasteiger partial charge < -0.3 is 25.0 Å². The van der Waals surface area contributed by atoms with Crippen molar-refractivity contribution >= 4 is 22.6 Å². The number of aromatic amines is 1. The van der Waals surface area contributed by atoms with Gasteiger partial charge in [0.25, 0.3) is 5.56 Å². The molecule has 2 aliphatic rings. The van der Waals surface area contributed by atoms with Crippen LogP contribution in [0.3, 0.4) is 0 Å². The Hall–Kier alpha value is -2.37. The minimum absolute atomic E-state index is 0.110. The minimum Gasteiger partial charge on any atom is -0.394 e.